The summed E-state index contributed by atoms with van der Waals surface area (Å²) in [7, 11) is 0. The van der Waals surface area contributed by atoms with Crippen molar-refractivity contribution >= 4 is 5.97 Å². The highest BCUT2D eigenvalue weighted by molar-refractivity contribution is 5.77. The van der Waals surface area contributed by atoms with Gasteiger partial charge in [0.2, 0.25) is 0 Å². The van der Waals surface area contributed by atoms with Crippen LogP contribution in [0.25, 0.3) is 0 Å². The Morgan fingerprint density at radius 3 is 2.31 bits per heavy atom. The number of fused-ring (bicyclic) bond motifs is 5. The van der Waals surface area contributed by atoms with Crippen molar-refractivity contribution in [3.05, 3.63) is 47.0 Å². The Morgan fingerprint density at radius 1 is 0.881 bits per heavy atom. The summed E-state index contributed by atoms with van der Waals surface area (Å²) in [4.78, 5) is 13.2. The first kappa shape index (κ1) is 31.8. The molecule has 0 aliphatic heterocycles. The zero-order valence-corrected chi connectivity index (χ0v) is 28.4. The van der Waals surface area contributed by atoms with E-state index in [0.29, 0.717) is 16.7 Å². The second-order valence-corrected chi connectivity index (χ2v) is 16.7. The van der Waals surface area contributed by atoms with Gasteiger partial charge < -0.3 is 4.74 Å². The van der Waals surface area contributed by atoms with Gasteiger partial charge in [0.1, 0.15) is 6.10 Å². The minimum Gasteiger partial charge on any atom is -0.462 e. The number of allylic oxidation sites excluding steroid dienone is 1. The fraction of sp³-hybridized carbons (Fsp3) is 0.775. The van der Waals surface area contributed by atoms with Gasteiger partial charge in [-0.1, -0.05) is 104 Å². The predicted molar refractivity (Wildman–Crippen MR) is 176 cm³/mol. The molecular weight excluding hydrogens is 512 g/mol. The molecular formula is C40H62O2. The van der Waals surface area contributed by atoms with Crippen LogP contribution in [0.4, 0.5) is 0 Å². The van der Waals surface area contributed by atoms with Gasteiger partial charge in [-0.25, -0.2) is 0 Å². The second-order valence-electron chi connectivity index (χ2n) is 16.7. The molecule has 42 heavy (non-hydrogen) atoms. The molecule has 0 heterocycles. The average Bonchev–Trinajstić information content (AvgIpc) is 3.30. The lowest BCUT2D eigenvalue weighted by Crippen LogP contribution is -2.51. The van der Waals surface area contributed by atoms with Crippen LogP contribution in [0.2, 0.25) is 0 Å². The number of hydrogen-bond donors (Lipinski definition) is 0. The molecule has 234 valence electrons. The summed E-state index contributed by atoms with van der Waals surface area (Å²) in [5.74, 6) is 5.54. The summed E-state index contributed by atoms with van der Waals surface area (Å²) in [6.45, 7) is 19.1. The van der Waals surface area contributed by atoms with E-state index in [-0.39, 0.29) is 18.0 Å². The molecule has 0 bridgehead atoms. The molecule has 2 heteroatoms. The van der Waals surface area contributed by atoms with Gasteiger partial charge in [0, 0.05) is 6.42 Å². The third kappa shape index (κ3) is 6.30. The molecule has 0 spiro atoms. The molecule has 0 unspecified atom stereocenters. The van der Waals surface area contributed by atoms with Gasteiger partial charge in [-0.05, 0) is 122 Å². The number of ether oxygens (including phenoxy) is 1. The van der Waals surface area contributed by atoms with Gasteiger partial charge in [0.15, 0.2) is 0 Å². The Hall–Kier alpha value is -1.57. The number of benzene rings is 1. The van der Waals surface area contributed by atoms with E-state index < -0.39 is 0 Å². The van der Waals surface area contributed by atoms with E-state index >= 15 is 0 Å². The first-order valence-corrected chi connectivity index (χ1v) is 17.9. The van der Waals surface area contributed by atoms with Crippen LogP contribution in [-0.4, -0.2) is 12.1 Å². The molecule has 3 fully saturated rings. The zero-order chi connectivity index (χ0) is 30.2. The third-order valence-electron chi connectivity index (χ3n) is 13.0. The number of carbonyl (C=O) groups is 1. The van der Waals surface area contributed by atoms with Crippen LogP contribution >= 0.6 is 0 Å². The lowest BCUT2D eigenvalue weighted by Gasteiger charge is -2.58. The lowest BCUT2D eigenvalue weighted by molar-refractivity contribution is -0.153. The SMILES string of the molecule is CC(C)CCC[C@@H](C)[C@H]1CC[C@H]2[C@@H]3CC=C4C[C@@H](OC(=O)[C@@H](C)c5ccc(CC(C)C)cc5)CC[C@]4(C)[C@H]3CC[C@]12C. The van der Waals surface area contributed by atoms with E-state index in [1.54, 1.807) is 5.57 Å². The smallest absolute Gasteiger partial charge is 0.313 e. The topological polar surface area (TPSA) is 26.3 Å². The molecule has 5 rings (SSSR count). The quantitative estimate of drug-likeness (QED) is 0.205. The van der Waals surface area contributed by atoms with Gasteiger partial charge in [0.25, 0.3) is 0 Å². The van der Waals surface area contributed by atoms with Crippen molar-refractivity contribution in [3.63, 3.8) is 0 Å². The molecule has 4 aliphatic carbocycles. The molecule has 0 radical (unpaired) electrons. The van der Waals surface area contributed by atoms with Crippen molar-refractivity contribution in [3.8, 4) is 0 Å². The van der Waals surface area contributed by atoms with E-state index in [1.807, 2.05) is 6.92 Å². The second kappa shape index (κ2) is 12.8. The van der Waals surface area contributed by atoms with Crippen molar-refractivity contribution in [1.82, 2.24) is 0 Å². The fourth-order valence-electron chi connectivity index (χ4n) is 10.6. The van der Waals surface area contributed by atoms with Gasteiger partial charge in [-0.3, -0.25) is 4.79 Å². The summed E-state index contributed by atoms with van der Waals surface area (Å²) < 4.78 is 6.23. The molecule has 0 saturated heterocycles. The maximum Gasteiger partial charge on any atom is 0.313 e. The van der Waals surface area contributed by atoms with Crippen LogP contribution in [-0.2, 0) is 16.0 Å². The summed E-state index contributed by atoms with van der Waals surface area (Å²) in [5, 5.41) is 0. The Bertz CT molecular complexity index is 1100. The highest BCUT2D eigenvalue weighted by Gasteiger charge is 2.59. The first-order valence-electron chi connectivity index (χ1n) is 17.9. The zero-order valence-electron chi connectivity index (χ0n) is 28.4. The van der Waals surface area contributed by atoms with Crippen LogP contribution in [0.3, 0.4) is 0 Å². The molecule has 0 amide bonds. The van der Waals surface area contributed by atoms with Gasteiger partial charge in [0.05, 0.1) is 5.92 Å². The third-order valence-corrected chi connectivity index (χ3v) is 13.0. The van der Waals surface area contributed by atoms with Crippen molar-refractivity contribution in [2.45, 2.75) is 144 Å². The van der Waals surface area contributed by atoms with Gasteiger partial charge in [-0.2, -0.15) is 0 Å². The van der Waals surface area contributed by atoms with Gasteiger partial charge >= 0.3 is 5.97 Å². The molecule has 9 atom stereocenters. The average molecular weight is 575 g/mol. The summed E-state index contributed by atoms with van der Waals surface area (Å²) in [5.41, 5.74) is 4.86. The number of carbonyl (C=O) groups excluding carboxylic acids is 1. The molecule has 1 aromatic carbocycles. The standard InChI is InChI=1S/C40H62O2/c1-26(2)10-9-11-28(5)35-18-19-36-34-17-16-32-25-33(20-22-39(32,7)37(34)21-23-40(35,36)8)42-38(41)29(6)31-14-12-30(13-15-31)24-27(3)4/h12-16,26-29,33-37H,9-11,17-25H2,1-8H3/t28-,29+,33+,34+,35-,36+,37+,39+,40-/m1/s1. The Labute approximate surface area is 258 Å². The highest BCUT2D eigenvalue weighted by Crippen LogP contribution is 2.67. The normalized spacial score (nSPS) is 35.7. The lowest BCUT2D eigenvalue weighted by atomic mass is 9.47. The van der Waals surface area contributed by atoms with Crippen molar-refractivity contribution < 1.29 is 9.53 Å². The Balaban J connectivity index is 1.20. The van der Waals surface area contributed by atoms with E-state index in [4.69, 9.17) is 4.74 Å². The van der Waals surface area contributed by atoms with Crippen LogP contribution in [0.1, 0.15) is 143 Å². The van der Waals surface area contributed by atoms with Crippen molar-refractivity contribution in [2.75, 3.05) is 0 Å². The summed E-state index contributed by atoms with van der Waals surface area (Å²) in [6.07, 6.45) is 18.1. The van der Waals surface area contributed by atoms with Crippen molar-refractivity contribution in [1.29, 1.82) is 0 Å². The number of rotatable bonds is 10. The molecule has 4 aliphatic rings. The van der Waals surface area contributed by atoms with Gasteiger partial charge in [-0.15, -0.1) is 0 Å². The minimum absolute atomic E-state index is 0.0347. The van der Waals surface area contributed by atoms with E-state index in [0.717, 1.165) is 60.3 Å². The van der Waals surface area contributed by atoms with Crippen LogP contribution in [0, 0.1) is 52.3 Å². The number of hydrogen-bond acceptors (Lipinski definition) is 2. The summed E-state index contributed by atoms with van der Waals surface area (Å²) in [6, 6.07) is 8.62. The molecule has 0 N–H and O–H groups in total. The molecule has 0 aromatic heterocycles. The predicted octanol–water partition coefficient (Wildman–Crippen LogP) is 10.9. The monoisotopic (exact) mass is 574 g/mol. The van der Waals surface area contributed by atoms with E-state index in [2.05, 4.69) is 78.8 Å². The maximum absolute atomic E-state index is 13.2. The Kier molecular flexibility index (Phi) is 9.71. The van der Waals surface area contributed by atoms with E-state index in [9.17, 15) is 4.79 Å². The van der Waals surface area contributed by atoms with Crippen LogP contribution in [0.15, 0.2) is 35.9 Å². The van der Waals surface area contributed by atoms with Crippen LogP contribution < -0.4 is 0 Å². The maximum atomic E-state index is 13.2. The fourth-order valence-corrected chi connectivity index (χ4v) is 10.6. The van der Waals surface area contributed by atoms with Crippen LogP contribution in [0.5, 0.6) is 0 Å². The number of esters is 1. The highest BCUT2D eigenvalue weighted by atomic mass is 16.5. The first-order chi connectivity index (χ1) is 19.9. The molecule has 2 nitrogen and oxygen atoms in total. The summed E-state index contributed by atoms with van der Waals surface area (Å²) >= 11 is 0. The molecule has 3 saturated carbocycles. The Morgan fingerprint density at radius 2 is 1.62 bits per heavy atom. The molecule has 1 aromatic rings. The van der Waals surface area contributed by atoms with E-state index in [1.165, 1.54) is 63.4 Å². The van der Waals surface area contributed by atoms with Crippen molar-refractivity contribution in [2.24, 2.45) is 52.3 Å². The largest absolute Gasteiger partial charge is 0.462 e. The minimum atomic E-state index is -0.213.